The molecular formula is C26H21F6N3O2. The summed E-state index contributed by atoms with van der Waals surface area (Å²) in [5, 5.41) is 21.3. The van der Waals surface area contributed by atoms with Crippen LogP contribution in [0.3, 0.4) is 0 Å². The number of rotatable bonds is 5. The van der Waals surface area contributed by atoms with Gasteiger partial charge in [-0.05, 0) is 68.5 Å². The highest BCUT2D eigenvalue weighted by atomic mass is 19.4. The van der Waals surface area contributed by atoms with Gasteiger partial charge in [0.25, 0.3) is 0 Å². The number of hydrogen-bond acceptors (Lipinski definition) is 3. The van der Waals surface area contributed by atoms with Crippen LogP contribution in [0, 0.1) is 11.3 Å². The number of carbonyl (C=O) groups excluding carboxylic acids is 1. The van der Waals surface area contributed by atoms with Gasteiger partial charge in [-0.1, -0.05) is 19.2 Å². The van der Waals surface area contributed by atoms with Crippen molar-refractivity contribution in [2.75, 3.05) is 9.80 Å². The number of halogens is 6. The molecule has 0 bridgehead atoms. The van der Waals surface area contributed by atoms with Gasteiger partial charge in [-0.2, -0.15) is 31.6 Å². The second-order valence-electron chi connectivity index (χ2n) is 8.71. The minimum Gasteiger partial charge on any atom is -0.365 e. The van der Waals surface area contributed by atoms with E-state index in [2.05, 4.69) is 13.2 Å². The predicted molar refractivity (Wildman–Crippen MR) is 125 cm³/mol. The van der Waals surface area contributed by atoms with E-state index >= 15 is 0 Å². The fourth-order valence-corrected chi connectivity index (χ4v) is 4.24. The van der Waals surface area contributed by atoms with Gasteiger partial charge in [0.05, 0.1) is 22.7 Å². The van der Waals surface area contributed by atoms with Crippen LogP contribution in [0.4, 0.5) is 42.5 Å². The quantitative estimate of drug-likeness (QED) is 0.267. The van der Waals surface area contributed by atoms with Gasteiger partial charge in [0.1, 0.15) is 0 Å². The predicted octanol–water partition coefficient (Wildman–Crippen LogP) is 6.83. The lowest BCUT2D eigenvalue weighted by molar-refractivity contribution is -0.138. The summed E-state index contributed by atoms with van der Waals surface area (Å²) < 4.78 is 78.7. The van der Waals surface area contributed by atoms with E-state index in [4.69, 9.17) is 0 Å². The number of nitriles is 1. The number of hydrogen-bond donors (Lipinski definition) is 1. The molecule has 1 N–H and O–H groups in total. The van der Waals surface area contributed by atoms with Gasteiger partial charge in [-0.3, -0.25) is 9.80 Å². The molecule has 194 valence electrons. The summed E-state index contributed by atoms with van der Waals surface area (Å²) in [5.41, 5.74) is -6.33. The summed E-state index contributed by atoms with van der Waals surface area (Å²) in [6, 6.07) is 7.87. The Hall–Kier alpha value is -4.04. The Morgan fingerprint density at radius 2 is 1.32 bits per heavy atom. The number of benzene rings is 2. The van der Waals surface area contributed by atoms with Gasteiger partial charge in [-0.25, -0.2) is 4.79 Å². The van der Waals surface area contributed by atoms with Crippen molar-refractivity contribution >= 4 is 17.4 Å². The van der Waals surface area contributed by atoms with Gasteiger partial charge in [0.2, 0.25) is 0 Å². The monoisotopic (exact) mass is 521 g/mol. The second-order valence-corrected chi connectivity index (χ2v) is 8.71. The van der Waals surface area contributed by atoms with Crippen molar-refractivity contribution in [1.82, 2.24) is 0 Å². The highest BCUT2D eigenvalue weighted by molar-refractivity contribution is 6.10. The molecule has 11 heteroatoms. The van der Waals surface area contributed by atoms with Crippen LogP contribution in [0.5, 0.6) is 0 Å². The van der Waals surface area contributed by atoms with Crippen molar-refractivity contribution in [3.63, 3.8) is 0 Å². The number of allylic oxidation sites excluding steroid dienone is 2. The maximum atomic E-state index is 13.8. The Labute approximate surface area is 208 Å². The van der Waals surface area contributed by atoms with Crippen LogP contribution >= 0.6 is 0 Å². The van der Waals surface area contributed by atoms with Gasteiger partial charge in [-0.15, -0.1) is 0 Å². The Kier molecular flexibility index (Phi) is 6.79. The Morgan fingerprint density at radius 3 is 1.68 bits per heavy atom. The molecule has 2 amide bonds. The summed E-state index contributed by atoms with van der Waals surface area (Å²) in [6.45, 7) is 9.99. The van der Waals surface area contributed by atoms with Gasteiger partial charge in [0, 0.05) is 22.5 Å². The van der Waals surface area contributed by atoms with Crippen molar-refractivity contribution < 1.29 is 36.2 Å². The third kappa shape index (κ3) is 4.60. The molecule has 1 fully saturated rings. The third-order valence-corrected chi connectivity index (χ3v) is 6.12. The lowest BCUT2D eigenvalue weighted by Crippen LogP contribution is -2.59. The zero-order chi connectivity index (χ0) is 28.0. The molecule has 5 nitrogen and oxygen atoms in total. The molecule has 2 aromatic carbocycles. The lowest BCUT2D eigenvalue weighted by Gasteiger charge is -2.43. The van der Waals surface area contributed by atoms with Crippen LogP contribution in [0.25, 0.3) is 0 Å². The first-order valence-corrected chi connectivity index (χ1v) is 10.6. The molecule has 2 aromatic rings. The first-order valence-electron chi connectivity index (χ1n) is 10.6. The molecule has 1 atom stereocenters. The molecule has 0 radical (unpaired) electrons. The van der Waals surface area contributed by atoms with Crippen molar-refractivity contribution in [1.29, 1.82) is 5.26 Å². The average Bonchev–Trinajstić information content (AvgIpc) is 2.97. The highest BCUT2D eigenvalue weighted by Crippen LogP contribution is 2.49. The summed E-state index contributed by atoms with van der Waals surface area (Å²) in [6.07, 6.45) is -6.97. The van der Waals surface area contributed by atoms with Crippen LogP contribution in [0.15, 0.2) is 85.0 Å². The van der Waals surface area contributed by atoms with Crippen LogP contribution in [-0.4, -0.2) is 22.4 Å². The van der Waals surface area contributed by atoms with Crippen LogP contribution in [0.2, 0.25) is 0 Å². The van der Waals surface area contributed by atoms with Crippen molar-refractivity contribution in [3.05, 3.63) is 96.1 Å². The first kappa shape index (κ1) is 27.5. The van der Waals surface area contributed by atoms with E-state index in [1.54, 1.807) is 6.07 Å². The first-order chi connectivity index (χ1) is 17.0. The molecule has 1 saturated heterocycles. The third-order valence-electron chi connectivity index (χ3n) is 6.12. The van der Waals surface area contributed by atoms with E-state index in [0.29, 0.717) is 0 Å². The Morgan fingerprint density at radius 1 is 0.919 bits per heavy atom. The zero-order valence-corrected chi connectivity index (χ0v) is 19.7. The number of amides is 2. The van der Waals surface area contributed by atoms with Crippen LogP contribution in [0.1, 0.15) is 25.0 Å². The molecule has 1 aliphatic heterocycles. The fraction of sp³-hybridized carbons (Fsp3) is 0.231. The van der Waals surface area contributed by atoms with E-state index in [0.717, 1.165) is 70.5 Å². The smallest absolute Gasteiger partial charge is 0.365 e. The number of urea groups is 1. The topological polar surface area (TPSA) is 67.6 Å². The maximum absolute atomic E-state index is 13.8. The Balaban J connectivity index is 2.27. The maximum Gasteiger partial charge on any atom is 0.416 e. The highest BCUT2D eigenvalue weighted by Gasteiger charge is 2.64. The van der Waals surface area contributed by atoms with Crippen molar-refractivity contribution in [3.8, 4) is 6.07 Å². The van der Waals surface area contributed by atoms with E-state index in [1.807, 2.05) is 0 Å². The molecule has 37 heavy (non-hydrogen) atoms. The minimum atomic E-state index is -4.66. The number of alkyl halides is 6. The molecule has 0 saturated carbocycles. The molecular weight excluding hydrogens is 500 g/mol. The van der Waals surface area contributed by atoms with Crippen molar-refractivity contribution in [2.45, 2.75) is 37.5 Å². The fourth-order valence-electron chi connectivity index (χ4n) is 4.24. The van der Waals surface area contributed by atoms with Gasteiger partial charge < -0.3 is 5.11 Å². The molecule has 0 aliphatic carbocycles. The number of aliphatic hydroxyl groups is 1. The van der Waals surface area contributed by atoms with Crippen LogP contribution in [-0.2, 0) is 12.4 Å². The van der Waals surface area contributed by atoms with Gasteiger partial charge >= 0.3 is 18.4 Å². The zero-order valence-electron chi connectivity index (χ0n) is 19.7. The summed E-state index contributed by atoms with van der Waals surface area (Å²) in [4.78, 5) is 15.6. The second kappa shape index (κ2) is 9.12. The summed E-state index contributed by atoms with van der Waals surface area (Å²) >= 11 is 0. The lowest BCUT2D eigenvalue weighted by atomic mass is 9.82. The van der Waals surface area contributed by atoms with Crippen LogP contribution < -0.4 is 9.80 Å². The molecule has 1 unspecified atom stereocenters. The van der Waals surface area contributed by atoms with E-state index < -0.39 is 40.8 Å². The number of carbonyl (C=O) groups is 1. The van der Waals surface area contributed by atoms with E-state index in [1.165, 1.54) is 13.8 Å². The summed E-state index contributed by atoms with van der Waals surface area (Å²) in [5.74, 6) is 0. The normalized spacial score (nSPS) is 20.1. The number of nitrogens with zero attached hydrogens (tertiary/aromatic N) is 3. The molecule has 3 rings (SSSR count). The standard InChI is InChI=1S/C26H21F6N3O2/c1-5-17(14-16(2)15-33)24(37)23(3,4)34(20-10-6-18(7-11-20)25(27,28)29)22(36)35(24)21-12-8-19(9-13-21)26(30,31)32/h5-14,37H,1-2H2,3-4H3/b17-14+. The van der Waals surface area contributed by atoms with E-state index in [9.17, 15) is 41.5 Å². The molecule has 0 aromatic heterocycles. The average molecular weight is 521 g/mol. The molecule has 1 heterocycles. The van der Waals surface area contributed by atoms with Gasteiger partial charge in [0.15, 0.2) is 5.72 Å². The Bertz CT molecular complexity index is 1300. The largest absolute Gasteiger partial charge is 0.416 e. The molecule has 1 aliphatic rings. The molecule has 0 spiro atoms. The SMILES string of the molecule is C=C/C(=C\C(=C)C#N)C1(O)N(c2ccc(C(F)(F)F)cc2)C(=O)N(c2ccc(C(F)(F)F)cc2)C1(C)C. The van der Waals surface area contributed by atoms with E-state index in [-0.39, 0.29) is 22.5 Å². The minimum absolute atomic E-state index is 0.0154. The number of anilines is 2. The van der Waals surface area contributed by atoms with Crippen molar-refractivity contribution in [2.24, 2.45) is 0 Å². The summed E-state index contributed by atoms with van der Waals surface area (Å²) in [7, 11) is 0.